The predicted octanol–water partition coefficient (Wildman–Crippen LogP) is 6.73. The van der Waals surface area contributed by atoms with Crippen LogP contribution >= 0.6 is 0 Å². The lowest BCUT2D eigenvalue weighted by Crippen LogP contribution is -2.30. The largest absolute Gasteiger partial charge is 0.490 e. The summed E-state index contributed by atoms with van der Waals surface area (Å²) in [4.78, 5) is 4.82. The van der Waals surface area contributed by atoms with Gasteiger partial charge in [0.1, 0.15) is 5.82 Å². The van der Waals surface area contributed by atoms with Gasteiger partial charge in [-0.05, 0) is 49.6 Å². The van der Waals surface area contributed by atoms with Crippen LogP contribution in [0.2, 0.25) is 0 Å². The molecule has 3 aromatic rings. The van der Waals surface area contributed by atoms with E-state index >= 15 is 0 Å². The summed E-state index contributed by atoms with van der Waals surface area (Å²) in [5.41, 5.74) is 4.39. The highest BCUT2D eigenvalue weighted by Gasteiger charge is 2.34. The first-order valence-electron chi connectivity index (χ1n) is 12.8. The molecule has 186 valence electrons. The van der Waals surface area contributed by atoms with Gasteiger partial charge in [0.15, 0.2) is 11.5 Å². The lowest BCUT2D eigenvalue weighted by Gasteiger charge is -2.31. The molecule has 0 aromatic heterocycles. The van der Waals surface area contributed by atoms with Gasteiger partial charge in [-0.1, -0.05) is 67.4 Å². The van der Waals surface area contributed by atoms with Crippen molar-refractivity contribution in [2.45, 2.75) is 52.9 Å². The fraction of sp³-hybridized carbons (Fsp3) is 0.400. The van der Waals surface area contributed by atoms with Crippen molar-refractivity contribution in [1.82, 2.24) is 9.80 Å². The van der Waals surface area contributed by atoms with E-state index < -0.39 is 0 Å². The summed E-state index contributed by atoms with van der Waals surface area (Å²) < 4.78 is 26.5. The summed E-state index contributed by atoms with van der Waals surface area (Å²) >= 11 is 0. The first kappa shape index (κ1) is 25.2. The van der Waals surface area contributed by atoms with Crippen LogP contribution in [0.15, 0.2) is 66.7 Å². The Kier molecular flexibility index (Phi) is 8.78. The average Bonchev–Trinajstić information content (AvgIpc) is 3.25. The molecule has 4 nitrogen and oxygen atoms in total. The van der Waals surface area contributed by atoms with Crippen LogP contribution in [0, 0.1) is 12.7 Å². The number of benzene rings is 3. The third-order valence-corrected chi connectivity index (χ3v) is 6.52. The van der Waals surface area contributed by atoms with Gasteiger partial charge in [0.25, 0.3) is 0 Å². The van der Waals surface area contributed by atoms with Crippen LogP contribution in [0.3, 0.4) is 0 Å². The molecule has 0 aliphatic carbocycles. The molecule has 1 aliphatic heterocycles. The summed E-state index contributed by atoms with van der Waals surface area (Å²) in [7, 11) is 0. The van der Waals surface area contributed by atoms with Crippen molar-refractivity contribution in [3.05, 3.63) is 94.8 Å². The van der Waals surface area contributed by atoms with Crippen molar-refractivity contribution in [2.24, 2.45) is 0 Å². The molecule has 3 aromatic carbocycles. The predicted molar refractivity (Wildman–Crippen MR) is 139 cm³/mol. The number of unbranched alkanes of at least 4 members (excludes halogenated alkanes) is 1. The highest BCUT2D eigenvalue weighted by atomic mass is 19.1. The van der Waals surface area contributed by atoms with Crippen molar-refractivity contribution in [1.29, 1.82) is 0 Å². The van der Waals surface area contributed by atoms with Gasteiger partial charge in [-0.2, -0.15) is 0 Å². The van der Waals surface area contributed by atoms with Crippen LogP contribution in [0.4, 0.5) is 4.39 Å². The van der Waals surface area contributed by atoms with E-state index in [9.17, 15) is 4.39 Å². The highest BCUT2D eigenvalue weighted by Crippen LogP contribution is 2.38. The molecule has 1 unspecified atom stereocenters. The number of nitrogens with zero attached hydrogens (tertiary/aromatic N) is 2. The minimum atomic E-state index is -0.155. The minimum Gasteiger partial charge on any atom is -0.490 e. The number of ether oxygens (including phenoxy) is 2. The fourth-order valence-electron chi connectivity index (χ4n) is 4.66. The van der Waals surface area contributed by atoms with Gasteiger partial charge in [-0.3, -0.25) is 9.80 Å². The molecule has 1 aliphatic rings. The Morgan fingerprint density at radius 1 is 0.857 bits per heavy atom. The fourth-order valence-corrected chi connectivity index (χ4v) is 4.66. The van der Waals surface area contributed by atoms with Gasteiger partial charge in [-0.25, -0.2) is 4.39 Å². The van der Waals surface area contributed by atoms with E-state index in [1.54, 1.807) is 12.1 Å². The Hall–Kier alpha value is -2.89. The zero-order valence-electron chi connectivity index (χ0n) is 21.2. The number of hydrogen-bond acceptors (Lipinski definition) is 4. The normalized spacial score (nSPS) is 16.5. The van der Waals surface area contributed by atoms with Gasteiger partial charge >= 0.3 is 0 Å². The Labute approximate surface area is 209 Å². The second kappa shape index (κ2) is 12.2. The topological polar surface area (TPSA) is 24.9 Å². The van der Waals surface area contributed by atoms with Crippen LogP contribution in [0.1, 0.15) is 55.1 Å². The molecule has 0 bridgehead atoms. The van der Waals surface area contributed by atoms with Crippen LogP contribution in [0.5, 0.6) is 11.5 Å². The van der Waals surface area contributed by atoms with E-state index in [1.165, 1.54) is 11.1 Å². The summed E-state index contributed by atoms with van der Waals surface area (Å²) in [5.74, 6) is 1.40. The molecule has 1 fully saturated rings. The summed E-state index contributed by atoms with van der Waals surface area (Å²) in [5, 5.41) is 0. The van der Waals surface area contributed by atoms with Crippen LogP contribution < -0.4 is 9.47 Å². The standard InChI is InChI=1S/C30H37FN2O2/c1-4-6-19-35-28-16-15-25(20-29(28)34-5-2)30-32(21-24-13-11-23(3)12-14-24)17-18-33(30)22-26-9-7-8-10-27(26)31/h7-16,20,30H,4-6,17-19,21-22H2,1-3H3. The lowest BCUT2D eigenvalue weighted by atomic mass is 10.1. The molecule has 0 spiro atoms. The summed E-state index contributed by atoms with van der Waals surface area (Å²) in [6.07, 6.45) is 2.11. The van der Waals surface area contributed by atoms with Crippen molar-refractivity contribution in [3.8, 4) is 11.5 Å². The second-order valence-corrected chi connectivity index (χ2v) is 9.23. The van der Waals surface area contributed by atoms with E-state index in [4.69, 9.17) is 9.47 Å². The van der Waals surface area contributed by atoms with Crippen molar-refractivity contribution < 1.29 is 13.9 Å². The smallest absolute Gasteiger partial charge is 0.161 e. The van der Waals surface area contributed by atoms with Gasteiger partial charge in [0.2, 0.25) is 0 Å². The molecule has 0 radical (unpaired) electrons. The third-order valence-electron chi connectivity index (χ3n) is 6.52. The van der Waals surface area contributed by atoms with E-state index in [-0.39, 0.29) is 12.0 Å². The van der Waals surface area contributed by atoms with E-state index in [0.717, 1.165) is 55.1 Å². The zero-order valence-corrected chi connectivity index (χ0v) is 21.2. The molecule has 1 heterocycles. The quantitative estimate of drug-likeness (QED) is 0.287. The Morgan fingerprint density at radius 2 is 1.60 bits per heavy atom. The number of hydrogen-bond donors (Lipinski definition) is 0. The van der Waals surface area contributed by atoms with Gasteiger partial charge in [0.05, 0.1) is 19.4 Å². The molecule has 0 saturated carbocycles. The summed E-state index contributed by atoms with van der Waals surface area (Å²) in [6.45, 7) is 10.7. The first-order chi connectivity index (χ1) is 17.1. The molecule has 0 amide bonds. The molecule has 35 heavy (non-hydrogen) atoms. The van der Waals surface area contributed by atoms with Gasteiger partial charge in [0, 0.05) is 31.7 Å². The number of halogens is 1. The van der Waals surface area contributed by atoms with E-state index in [0.29, 0.717) is 19.8 Å². The van der Waals surface area contributed by atoms with Crippen LogP contribution in [-0.4, -0.2) is 36.1 Å². The molecule has 5 heteroatoms. The van der Waals surface area contributed by atoms with E-state index in [1.807, 2.05) is 25.1 Å². The van der Waals surface area contributed by atoms with Crippen LogP contribution in [0.25, 0.3) is 0 Å². The van der Waals surface area contributed by atoms with Crippen molar-refractivity contribution in [2.75, 3.05) is 26.3 Å². The zero-order chi connectivity index (χ0) is 24.6. The summed E-state index contributed by atoms with van der Waals surface area (Å²) in [6, 6.07) is 22.1. The van der Waals surface area contributed by atoms with Crippen LogP contribution in [-0.2, 0) is 13.1 Å². The highest BCUT2D eigenvalue weighted by molar-refractivity contribution is 5.44. The average molecular weight is 477 g/mol. The second-order valence-electron chi connectivity index (χ2n) is 9.23. The van der Waals surface area contributed by atoms with Gasteiger partial charge < -0.3 is 9.47 Å². The third kappa shape index (κ3) is 6.41. The Morgan fingerprint density at radius 3 is 2.31 bits per heavy atom. The molecule has 0 N–H and O–H groups in total. The number of aryl methyl sites for hydroxylation is 1. The molecular formula is C30H37FN2O2. The maximum Gasteiger partial charge on any atom is 0.161 e. The number of rotatable bonds is 11. The molecule has 4 rings (SSSR count). The van der Waals surface area contributed by atoms with Gasteiger partial charge in [-0.15, -0.1) is 0 Å². The Balaban J connectivity index is 1.64. The molecule has 1 atom stereocenters. The van der Waals surface area contributed by atoms with E-state index in [2.05, 4.69) is 60.0 Å². The SMILES string of the molecule is CCCCOc1ccc(C2N(Cc3ccc(C)cc3)CCN2Cc2ccccc2F)cc1OCC. The Bertz CT molecular complexity index is 1090. The minimum absolute atomic E-state index is 0.0137. The molecule has 1 saturated heterocycles. The monoisotopic (exact) mass is 476 g/mol. The first-order valence-corrected chi connectivity index (χ1v) is 12.8. The maximum absolute atomic E-state index is 14.5. The van der Waals surface area contributed by atoms with Crippen molar-refractivity contribution >= 4 is 0 Å². The lowest BCUT2D eigenvalue weighted by molar-refractivity contribution is 0.124. The van der Waals surface area contributed by atoms with Crippen molar-refractivity contribution in [3.63, 3.8) is 0 Å². The molecular weight excluding hydrogens is 439 g/mol. The maximum atomic E-state index is 14.5.